The van der Waals surface area contributed by atoms with Crippen LogP contribution in [0.3, 0.4) is 0 Å². The SMILES string of the molecule is Cc1cc(Cn2nc(C(F)(F)C(F)(F)F)nc2-c2cc(C(F)(F)F)ccn2)ccc1[N+](=O)[O-]. The van der Waals surface area contributed by atoms with Gasteiger partial charge in [0.2, 0.25) is 5.82 Å². The molecule has 3 aromatic rings. The highest BCUT2D eigenvalue weighted by Crippen LogP contribution is 2.43. The first-order chi connectivity index (χ1) is 15.1. The molecule has 0 radical (unpaired) electrons. The van der Waals surface area contributed by atoms with Gasteiger partial charge in [0.1, 0.15) is 5.69 Å². The van der Waals surface area contributed by atoms with Crippen molar-refractivity contribution in [1.82, 2.24) is 19.7 Å². The maximum absolute atomic E-state index is 13.8. The molecular formula is C18H11F8N5O2. The third-order valence-corrected chi connectivity index (χ3v) is 4.42. The van der Waals surface area contributed by atoms with Crippen molar-refractivity contribution in [2.24, 2.45) is 0 Å². The van der Waals surface area contributed by atoms with E-state index in [1.165, 1.54) is 19.1 Å². The molecule has 0 atom stereocenters. The molecule has 0 saturated heterocycles. The van der Waals surface area contributed by atoms with Crippen LogP contribution in [-0.2, 0) is 18.6 Å². The van der Waals surface area contributed by atoms with Crippen LogP contribution in [-0.4, -0.2) is 30.8 Å². The molecule has 176 valence electrons. The maximum Gasteiger partial charge on any atom is 0.461 e. The van der Waals surface area contributed by atoms with Crippen LogP contribution in [0.15, 0.2) is 36.5 Å². The van der Waals surface area contributed by atoms with Gasteiger partial charge in [0.25, 0.3) is 5.69 Å². The van der Waals surface area contributed by atoms with E-state index in [-0.39, 0.29) is 16.8 Å². The minimum atomic E-state index is -6.07. The number of aryl methyl sites for hydroxylation is 1. The Labute approximate surface area is 178 Å². The fourth-order valence-electron chi connectivity index (χ4n) is 2.82. The summed E-state index contributed by atoms with van der Waals surface area (Å²) in [6.07, 6.45) is -10.2. The van der Waals surface area contributed by atoms with E-state index < -0.39 is 52.6 Å². The molecule has 2 heterocycles. The van der Waals surface area contributed by atoms with Gasteiger partial charge < -0.3 is 0 Å². The normalized spacial score (nSPS) is 12.8. The number of alkyl halides is 8. The molecule has 7 nitrogen and oxygen atoms in total. The van der Waals surface area contributed by atoms with Gasteiger partial charge in [-0.1, -0.05) is 6.07 Å². The first kappa shape index (κ1) is 24.0. The molecule has 0 bridgehead atoms. The third kappa shape index (κ3) is 4.75. The van der Waals surface area contributed by atoms with Crippen LogP contribution in [0.25, 0.3) is 11.5 Å². The van der Waals surface area contributed by atoms with Gasteiger partial charge in [0, 0.05) is 17.8 Å². The molecule has 0 spiro atoms. The minimum absolute atomic E-state index is 0.150. The Morgan fingerprint density at radius 3 is 2.24 bits per heavy atom. The predicted octanol–water partition coefficient (Wildman–Crippen LogP) is 5.28. The highest BCUT2D eigenvalue weighted by Gasteiger charge is 2.62. The lowest BCUT2D eigenvalue weighted by Crippen LogP contribution is -2.35. The van der Waals surface area contributed by atoms with E-state index in [9.17, 15) is 45.2 Å². The molecule has 0 aliphatic heterocycles. The lowest BCUT2D eigenvalue weighted by atomic mass is 10.1. The minimum Gasteiger partial charge on any atom is -0.258 e. The summed E-state index contributed by atoms with van der Waals surface area (Å²) < 4.78 is 106. The zero-order valence-corrected chi connectivity index (χ0v) is 16.2. The number of halogens is 8. The number of benzene rings is 1. The van der Waals surface area contributed by atoms with Crippen LogP contribution in [0, 0.1) is 17.0 Å². The average molecular weight is 481 g/mol. The molecule has 1 aromatic carbocycles. The van der Waals surface area contributed by atoms with Crippen molar-refractivity contribution < 1.29 is 40.0 Å². The Bertz CT molecular complexity index is 1200. The van der Waals surface area contributed by atoms with Gasteiger partial charge >= 0.3 is 18.3 Å². The zero-order valence-electron chi connectivity index (χ0n) is 16.2. The Hall–Kier alpha value is -3.65. The first-order valence-corrected chi connectivity index (χ1v) is 8.78. The van der Waals surface area contributed by atoms with Crippen LogP contribution in [0.5, 0.6) is 0 Å². The summed E-state index contributed by atoms with van der Waals surface area (Å²) in [5.41, 5.74) is -1.84. The Morgan fingerprint density at radius 2 is 1.70 bits per heavy atom. The van der Waals surface area contributed by atoms with Crippen molar-refractivity contribution in [2.75, 3.05) is 0 Å². The number of nitro groups is 1. The predicted molar refractivity (Wildman–Crippen MR) is 95.1 cm³/mol. The number of hydrogen-bond donors (Lipinski definition) is 0. The summed E-state index contributed by atoms with van der Waals surface area (Å²) >= 11 is 0. The van der Waals surface area contributed by atoms with E-state index in [2.05, 4.69) is 15.1 Å². The zero-order chi connectivity index (χ0) is 24.8. The standard InChI is InChI=1S/C18H11F8N5O2/c1-9-6-10(2-3-13(9)31(32)33)8-30-14(12-7-11(4-5-27-12)17(21,22)23)28-15(29-30)16(19,20)18(24,25)26/h2-7H,8H2,1H3. The molecule has 0 aliphatic carbocycles. The molecule has 0 aliphatic rings. The number of hydrogen-bond acceptors (Lipinski definition) is 5. The fourth-order valence-corrected chi connectivity index (χ4v) is 2.82. The van der Waals surface area contributed by atoms with E-state index >= 15 is 0 Å². The number of nitrogens with zero attached hydrogens (tertiary/aromatic N) is 5. The second-order valence-corrected chi connectivity index (χ2v) is 6.79. The van der Waals surface area contributed by atoms with Gasteiger partial charge in [0.15, 0.2) is 5.82 Å². The summed E-state index contributed by atoms with van der Waals surface area (Å²) in [6, 6.07) is 4.53. The first-order valence-electron chi connectivity index (χ1n) is 8.78. The van der Waals surface area contributed by atoms with Crippen molar-refractivity contribution in [3.8, 4) is 11.5 Å². The lowest BCUT2D eigenvalue weighted by molar-refractivity contribution is -0.385. The molecule has 0 saturated carbocycles. The Balaban J connectivity index is 2.15. The summed E-state index contributed by atoms with van der Waals surface area (Å²) in [4.78, 5) is 17.0. The number of aromatic nitrogens is 4. The van der Waals surface area contributed by atoms with Crippen molar-refractivity contribution in [1.29, 1.82) is 0 Å². The summed E-state index contributed by atoms with van der Waals surface area (Å²) in [5.74, 6) is -8.26. The van der Waals surface area contributed by atoms with Gasteiger partial charge in [-0.3, -0.25) is 15.1 Å². The van der Waals surface area contributed by atoms with E-state index in [0.717, 1.165) is 6.07 Å². The van der Waals surface area contributed by atoms with Crippen LogP contribution >= 0.6 is 0 Å². The molecule has 33 heavy (non-hydrogen) atoms. The van der Waals surface area contributed by atoms with E-state index in [0.29, 0.717) is 23.0 Å². The second-order valence-electron chi connectivity index (χ2n) is 6.79. The van der Waals surface area contributed by atoms with E-state index in [1.807, 2.05) is 0 Å². The van der Waals surface area contributed by atoms with Gasteiger partial charge in [-0.2, -0.15) is 35.1 Å². The van der Waals surface area contributed by atoms with Gasteiger partial charge in [0.05, 0.1) is 17.0 Å². The summed E-state index contributed by atoms with van der Waals surface area (Å²) in [7, 11) is 0. The number of pyridine rings is 1. The maximum atomic E-state index is 13.8. The Morgan fingerprint density at radius 1 is 1.03 bits per heavy atom. The van der Waals surface area contributed by atoms with Crippen LogP contribution < -0.4 is 0 Å². The van der Waals surface area contributed by atoms with Crippen molar-refractivity contribution in [3.05, 3.63) is 69.2 Å². The summed E-state index contributed by atoms with van der Waals surface area (Å²) in [5, 5.41) is 14.1. The topological polar surface area (TPSA) is 86.7 Å². The highest BCUT2D eigenvalue weighted by atomic mass is 19.4. The number of nitro benzene ring substituents is 1. The lowest BCUT2D eigenvalue weighted by Gasteiger charge is -2.15. The van der Waals surface area contributed by atoms with Crippen molar-refractivity contribution in [3.63, 3.8) is 0 Å². The molecular weight excluding hydrogens is 470 g/mol. The fraction of sp³-hybridized carbons (Fsp3) is 0.278. The molecule has 0 fully saturated rings. The molecule has 2 aromatic heterocycles. The van der Waals surface area contributed by atoms with E-state index in [4.69, 9.17) is 0 Å². The second kappa shape index (κ2) is 8.04. The number of rotatable bonds is 5. The van der Waals surface area contributed by atoms with Gasteiger partial charge in [-0.05, 0) is 30.7 Å². The van der Waals surface area contributed by atoms with E-state index in [1.54, 1.807) is 0 Å². The van der Waals surface area contributed by atoms with Crippen LogP contribution in [0.4, 0.5) is 40.8 Å². The van der Waals surface area contributed by atoms with Gasteiger partial charge in [-0.25, -0.2) is 9.67 Å². The monoisotopic (exact) mass is 481 g/mol. The average Bonchev–Trinajstić information content (AvgIpc) is 3.11. The quantitative estimate of drug-likeness (QED) is 0.281. The molecule has 0 N–H and O–H groups in total. The smallest absolute Gasteiger partial charge is 0.258 e. The largest absolute Gasteiger partial charge is 0.461 e. The van der Waals surface area contributed by atoms with Crippen LogP contribution in [0.2, 0.25) is 0 Å². The summed E-state index contributed by atoms with van der Waals surface area (Å²) in [6.45, 7) is 0.828. The Kier molecular flexibility index (Phi) is 5.85. The third-order valence-electron chi connectivity index (χ3n) is 4.42. The molecule has 3 rings (SSSR count). The van der Waals surface area contributed by atoms with Gasteiger partial charge in [-0.15, -0.1) is 5.10 Å². The van der Waals surface area contributed by atoms with Crippen LogP contribution in [0.1, 0.15) is 22.5 Å². The molecule has 15 heteroatoms. The van der Waals surface area contributed by atoms with Crippen molar-refractivity contribution >= 4 is 5.69 Å². The highest BCUT2D eigenvalue weighted by molar-refractivity contribution is 5.52. The molecule has 0 unspecified atom stereocenters. The van der Waals surface area contributed by atoms with Crippen molar-refractivity contribution in [2.45, 2.75) is 31.7 Å². The molecule has 0 amide bonds.